The van der Waals surface area contributed by atoms with Gasteiger partial charge >= 0.3 is 0 Å². The molecule has 0 fully saturated rings. The Balaban J connectivity index is 1.21. The van der Waals surface area contributed by atoms with Crippen LogP contribution in [-0.4, -0.2) is 19.1 Å². The van der Waals surface area contributed by atoms with Crippen molar-refractivity contribution < 1.29 is 4.42 Å². The molecule has 0 aliphatic rings. The third-order valence-electron chi connectivity index (χ3n) is 10.4. The predicted octanol–water partition coefficient (Wildman–Crippen LogP) is 12.4. The van der Waals surface area contributed by atoms with Gasteiger partial charge in [-0.05, 0) is 59.7 Å². The van der Waals surface area contributed by atoms with Gasteiger partial charge in [0.1, 0.15) is 17.1 Å². The van der Waals surface area contributed by atoms with Crippen LogP contribution in [0, 0.1) is 0 Å². The Kier molecular flexibility index (Phi) is 6.48. The Labute approximate surface area is 304 Å². The van der Waals surface area contributed by atoms with Crippen LogP contribution in [0.5, 0.6) is 0 Å². The summed E-state index contributed by atoms with van der Waals surface area (Å²) in [7, 11) is 0. The number of hydrogen-bond donors (Lipinski definition) is 0. The van der Waals surface area contributed by atoms with Gasteiger partial charge in [-0.1, -0.05) is 121 Å². The van der Waals surface area contributed by atoms with Crippen molar-refractivity contribution >= 4 is 54.6 Å². The summed E-state index contributed by atoms with van der Waals surface area (Å²) < 4.78 is 11.1. The van der Waals surface area contributed by atoms with E-state index in [4.69, 9.17) is 14.4 Å². The zero-order valence-electron chi connectivity index (χ0n) is 28.5. The molecule has 248 valence electrons. The molecular weight excluding hydrogens is 649 g/mol. The maximum Gasteiger partial charge on any atom is 0.161 e. The van der Waals surface area contributed by atoms with Gasteiger partial charge in [-0.15, -0.1) is 0 Å². The number of furan rings is 1. The molecular formula is C48H30N4O. The number of para-hydroxylation sites is 2. The predicted molar refractivity (Wildman–Crippen MR) is 217 cm³/mol. The molecule has 0 bridgehead atoms. The van der Waals surface area contributed by atoms with Crippen LogP contribution in [0.4, 0.5) is 0 Å². The zero-order valence-corrected chi connectivity index (χ0v) is 28.5. The summed E-state index contributed by atoms with van der Waals surface area (Å²) in [6, 6.07) is 59.8. The van der Waals surface area contributed by atoms with Crippen LogP contribution in [0.25, 0.3) is 99.8 Å². The van der Waals surface area contributed by atoms with Crippen LogP contribution in [0.1, 0.15) is 0 Å². The Hall–Kier alpha value is -7.24. The Morgan fingerprint density at radius 3 is 1.94 bits per heavy atom. The van der Waals surface area contributed by atoms with E-state index in [1.165, 1.54) is 16.3 Å². The van der Waals surface area contributed by atoms with Gasteiger partial charge in [0.05, 0.1) is 22.2 Å². The summed E-state index contributed by atoms with van der Waals surface area (Å²) in [5, 5.41) is 5.69. The van der Waals surface area contributed by atoms with Crippen molar-refractivity contribution in [2.24, 2.45) is 0 Å². The van der Waals surface area contributed by atoms with Crippen molar-refractivity contribution in [1.29, 1.82) is 0 Å². The SMILES string of the molecule is c1ccc(-c2c(-c3ccccc3)n(-c3ccccn3)c3cc(-n4c5ccccc5c5ccc(-c6nccc7c6oc6ccccc67)cc54)ccc23)cc1. The molecule has 0 atom stereocenters. The molecule has 5 heterocycles. The van der Waals surface area contributed by atoms with Crippen LogP contribution < -0.4 is 0 Å². The van der Waals surface area contributed by atoms with Gasteiger partial charge < -0.3 is 8.98 Å². The van der Waals surface area contributed by atoms with Crippen LogP contribution in [0.3, 0.4) is 0 Å². The van der Waals surface area contributed by atoms with E-state index >= 15 is 0 Å². The molecule has 5 heteroatoms. The molecule has 5 nitrogen and oxygen atoms in total. The lowest BCUT2D eigenvalue weighted by Crippen LogP contribution is -2.00. The summed E-state index contributed by atoms with van der Waals surface area (Å²) in [4.78, 5) is 9.79. The molecule has 0 aliphatic carbocycles. The lowest BCUT2D eigenvalue weighted by Gasteiger charge is -2.13. The van der Waals surface area contributed by atoms with E-state index < -0.39 is 0 Å². The molecule has 11 rings (SSSR count). The zero-order chi connectivity index (χ0) is 34.9. The van der Waals surface area contributed by atoms with Crippen molar-refractivity contribution in [3.8, 4) is 45.1 Å². The molecule has 0 spiro atoms. The first-order chi connectivity index (χ1) is 26.3. The summed E-state index contributed by atoms with van der Waals surface area (Å²) in [6.45, 7) is 0. The highest BCUT2D eigenvalue weighted by atomic mass is 16.3. The first-order valence-corrected chi connectivity index (χ1v) is 17.8. The second kappa shape index (κ2) is 11.7. The number of aromatic nitrogens is 4. The second-order valence-corrected chi connectivity index (χ2v) is 13.4. The Morgan fingerprint density at radius 2 is 1.11 bits per heavy atom. The van der Waals surface area contributed by atoms with Gasteiger partial charge in [-0.25, -0.2) is 4.98 Å². The smallest absolute Gasteiger partial charge is 0.161 e. The van der Waals surface area contributed by atoms with E-state index in [0.29, 0.717) is 0 Å². The maximum absolute atomic E-state index is 6.44. The molecule has 0 saturated carbocycles. The van der Waals surface area contributed by atoms with E-state index in [1.54, 1.807) is 0 Å². The molecule has 0 aliphatic heterocycles. The molecule has 0 amide bonds. The third kappa shape index (κ3) is 4.51. The molecule has 0 N–H and O–H groups in total. The van der Waals surface area contributed by atoms with Crippen molar-refractivity contribution in [3.05, 3.63) is 182 Å². The van der Waals surface area contributed by atoms with Crippen molar-refractivity contribution in [2.75, 3.05) is 0 Å². The summed E-state index contributed by atoms with van der Waals surface area (Å²) in [5.74, 6) is 0.866. The van der Waals surface area contributed by atoms with Gasteiger partial charge in [-0.2, -0.15) is 0 Å². The van der Waals surface area contributed by atoms with Gasteiger partial charge in [0.2, 0.25) is 0 Å². The van der Waals surface area contributed by atoms with E-state index in [2.05, 4.69) is 155 Å². The number of pyridine rings is 2. The van der Waals surface area contributed by atoms with Crippen molar-refractivity contribution in [2.45, 2.75) is 0 Å². The minimum atomic E-state index is 0.798. The highest BCUT2D eigenvalue weighted by Gasteiger charge is 2.23. The summed E-state index contributed by atoms with van der Waals surface area (Å²) >= 11 is 0. The quantitative estimate of drug-likeness (QED) is 0.182. The minimum Gasteiger partial charge on any atom is -0.454 e. The van der Waals surface area contributed by atoms with Crippen molar-refractivity contribution in [3.63, 3.8) is 0 Å². The van der Waals surface area contributed by atoms with E-state index in [9.17, 15) is 0 Å². The largest absolute Gasteiger partial charge is 0.454 e. The standard InChI is InChI=1S/C48H30N4O/c1-3-13-31(14-4-1)45-39-25-23-34(30-42(39)52(44-21-11-12-27-49-44)47(45)32-15-5-2-6-16-32)51-40-19-9-7-17-35(40)36-24-22-33(29-41(36)51)46-48-38(26-28-50-46)37-18-8-10-20-43(37)53-48/h1-30H. The number of nitrogens with zero attached hydrogens (tertiary/aromatic N) is 4. The fourth-order valence-corrected chi connectivity index (χ4v) is 8.16. The van der Waals surface area contributed by atoms with Crippen molar-refractivity contribution in [1.82, 2.24) is 19.1 Å². The summed E-state index contributed by atoms with van der Waals surface area (Å²) in [5.41, 5.74) is 12.4. The van der Waals surface area contributed by atoms with Crippen LogP contribution >= 0.6 is 0 Å². The van der Waals surface area contributed by atoms with Gasteiger partial charge in [0, 0.05) is 56.1 Å². The topological polar surface area (TPSA) is 48.8 Å². The lowest BCUT2D eigenvalue weighted by molar-refractivity contribution is 0.668. The average Bonchev–Trinajstić information content (AvgIpc) is 3.89. The first-order valence-electron chi connectivity index (χ1n) is 17.8. The molecule has 11 aromatic rings. The minimum absolute atomic E-state index is 0.798. The Morgan fingerprint density at radius 1 is 0.415 bits per heavy atom. The fourth-order valence-electron chi connectivity index (χ4n) is 8.16. The third-order valence-corrected chi connectivity index (χ3v) is 10.4. The Bertz CT molecular complexity index is 3160. The van der Waals surface area contributed by atoms with Crippen LogP contribution in [0.2, 0.25) is 0 Å². The number of rotatable bonds is 5. The van der Waals surface area contributed by atoms with Gasteiger partial charge in [0.25, 0.3) is 0 Å². The second-order valence-electron chi connectivity index (χ2n) is 13.4. The fraction of sp³-hybridized carbons (Fsp3) is 0. The first kappa shape index (κ1) is 29.5. The molecule has 0 unspecified atom stereocenters. The summed E-state index contributed by atoms with van der Waals surface area (Å²) in [6.07, 6.45) is 3.75. The number of hydrogen-bond acceptors (Lipinski definition) is 3. The molecule has 6 aromatic carbocycles. The lowest BCUT2D eigenvalue weighted by atomic mass is 9.98. The number of fused-ring (bicyclic) bond motifs is 7. The molecule has 5 aromatic heterocycles. The molecule has 0 radical (unpaired) electrons. The van der Waals surface area contributed by atoms with E-state index in [1.807, 2.05) is 36.7 Å². The van der Waals surface area contributed by atoms with E-state index in [-0.39, 0.29) is 0 Å². The van der Waals surface area contributed by atoms with E-state index in [0.717, 1.165) is 83.5 Å². The van der Waals surface area contributed by atoms with Crippen LogP contribution in [-0.2, 0) is 0 Å². The average molecular weight is 679 g/mol. The number of benzene rings is 6. The highest BCUT2D eigenvalue weighted by molar-refractivity contribution is 6.13. The normalized spacial score (nSPS) is 11.8. The van der Waals surface area contributed by atoms with Gasteiger partial charge in [-0.3, -0.25) is 9.55 Å². The highest BCUT2D eigenvalue weighted by Crippen LogP contribution is 2.44. The molecule has 0 saturated heterocycles. The van der Waals surface area contributed by atoms with Gasteiger partial charge in [0.15, 0.2) is 5.58 Å². The monoisotopic (exact) mass is 678 g/mol. The molecule has 53 heavy (non-hydrogen) atoms. The van der Waals surface area contributed by atoms with Crippen LogP contribution in [0.15, 0.2) is 187 Å². The maximum atomic E-state index is 6.44.